The zero-order chi connectivity index (χ0) is 20.3. The van der Waals surface area contributed by atoms with Crippen molar-refractivity contribution < 1.29 is 22.9 Å². The molecule has 28 heavy (non-hydrogen) atoms. The Bertz CT molecular complexity index is 1030. The fourth-order valence-corrected chi connectivity index (χ4v) is 4.58. The Morgan fingerprint density at radius 1 is 1.21 bits per heavy atom. The number of hydrogen-bond donors (Lipinski definition) is 2. The van der Waals surface area contributed by atoms with Crippen LogP contribution in [-0.2, 0) is 16.7 Å². The number of benzene rings is 2. The molecule has 1 aliphatic rings. The van der Waals surface area contributed by atoms with E-state index in [1.165, 1.54) is 11.8 Å². The molecule has 0 spiro atoms. The lowest BCUT2D eigenvalue weighted by Gasteiger charge is -2.20. The molecule has 2 aromatic rings. The maximum Gasteiger partial charge on any atom is 0.264 e. The molecule has 2 aromatic carbocycles. The van der Waals surface area contributed by atoms with Crippen LogP contribution in [0.4, 0.5) is 5.69 Å². The van der Waals surface area contributed by atoms with Crippen LogP contribution in [0.15, 0.2) is 58.5 Å². The van der Waals surface area contributed by atoms with Gasteiger partial charge >= 0.3 is 0 Å². The van der Waals surface area contributed by atoms with Crippen molar-refractivity contribution in [2.75, 3.05) is 17.2 Å². The number of carbonyl (C=O) groups excluding carboxylic acids is 1. The molecule has 0 aromatic heterocycles. The molecule has 3 rings (SSSR count). The number of hydrogen-bond acceptors (Lipinski definition) is 6. The highest BCUT2D eigenvalue weighted by Gasteiger charge is 2.26. The van der Waals surface area contributed by atoms with E-state index in [-0.39, 0.29) is 24.6 Å². The van der Waals surface area contributed by atoms with Gasteiger partial charge in [0, 0.05) is 23.1 Å². The highest BCUT2D eigenvalue weighted by Crippen LogP contribution is 2.46. The number of ketones is 1. The number of rotatable bonds is 7. The van der Waals surface area contributed by atoms with E-state index < -0.39 is 10.1 Å². The molecule has 0 unspecified atom stereocenters. The molecule has 0 amide bonds. The molecule has 0 aliphatic carbocycles. The summed E-state index contributed by atoms with van der Waals surface area (Å²) in [6.07, 6.45) is 1.75. The third-order valence-electron chi connectivity index (χ3n) is 4.32. The van der Waals surface area contributed by atoms with Gasteiger partial charge in [0.15, 0.2) is 5.78 Å². The molecule has 2 N–H and O–H groups in total. The van der Waals surface area contributed by atoms with Crippen molar-refractivity contribution in [3.8, 4) is 0 Å². The lowest BCUT2D eigenvalue weighted by molar-refractivity contribution is 0.104. The molecule has 0 radical (unpaired) electrons. The number of aliphatic hydroxyl groups is 1. The second kappa shape index (κ2) is 8.48. The van der Waals surface area contributed by atoms with E-state index in [2.05, 4.69) is 0 Å². The van der Waals surface area contributed by atoms with Gasteiger partial charge in [0.1, 0.15) is 0 Å². The second-order valence-electron chi connectivity index (χ2n) is 6.57. The van der Waals surface area contributed by atoms with E-state index in [0.29, 0.717) is 17.1 Å². The molecular weight excluding hydrogens is 398 g/mol. The standard InChI is InChI=1S/C20H21NO5S2/c1-14-4-2-5-16(10-14)18(23)12-20-21(8-3-9-28(24,25)26)17-11-15(13-22)6-7-19(17)27-20/h2,4-7,10-12,22H,3,8-9,13H2,1H3,(H,24,25,26)/b20-12+. The van der Waals surface area contributed by atoms with Gasteiger partial charge < -0.3 is 10.0 Å². The average Bonchev–Trinajstić information content (AvgIpc) is 2.97. The molecule has 0 saturated carbocycles. The summed E-state index contributed by atoms with van der Waals surface area (Å²) in [5.74, 6) is -0.497. The lowest BCUT2D eigenvalue weighted by atomic mass is 10.1. The number of nitrogens with zero attached hydrogens (tertiary/aromatic N) is 1. The molecule has 8 heteroatoms. The van der Waals surface area contributed by atoms with Gasteiger partial charge in [-0.1, -0.05) is 41.6 Å². The van der Waals surface area contributed by atoms with Gasteiger partial charge in [0.25, 0.3) is 10.1 Å². The summed E-state index contributed by atoms with van der Waals surface area (Å²) >= 11 is 1.42. The van der Waals surface area contributed by atoms with Crippen molar-refractivity contribution in [2.24, 2.45) is 0 Å². The van der Waals surface area contributed by atoms with Crippen LogP contribution in [0.3, 0.4) is 0 Å². The molecule has 6 nitrogen and oxygen atoms in total. The molecular formula is C20H21NO5S2. The van der Waals surface area contributed by atoms with E-state index in [1.807, 2.05) is 48.2 Å². The van der Waals surface area contributed by atoms with E-state index in [0.717, 1.165) is 21.7 Å². The number of aliphatic hydroxyl groups excluding tert-OH is 1. The van der Waals surface area contributed by atoms with Gasteiger partial charge in [-0.25, -0.2) is 0 Å². The van der Waals surface area contributed by atoms with Crippen LogP contribution in [0.5, 0.6) is 0 Å². The largest absolute Gasteiger partial charge is 0.392 e. The summed E-state index contributed by atoms with van der Waals surface area (Å²) in [7, 11) is -4.05. The van der Waals surface area contributed by atoms with Gasteiger partial charge in [-0.05, 0) is 37.1 Å². The predicted octanol–water partition coefficient (Wildman–Crippen LogP) is 3.40. The van der Waals surface area contributed by atoms with Gasteiger partial charge in [0.05, 0.1) is 23.1 Å². The van der Waals surface area contributed by atoms with Gasteiger partial charge in [0.2, 0.25) is 0 Å². The van der Waals surface area contributed by atoms with Crippen LogP contribution in [0.1, 0.15) is 27.9 Å². The van der Waals surface area contributed by atoms with Crippen molar-refractivity contribution in [3.05, 3.63) is 70.3 Å². The van der Waals surface area contributed by atoms with Crippen LogP contribution < -0.4 is 4.90 Å². The Kier molecular flexibility index (Phi) is 6.24. The Morgan fingerprint density at radius 2 is 2.00 bits per heavy atom. The van der Waals surface area contributed by atoms with Crippen LogP contribution in [0.2, 0.25) is 0 Å². The first kappa shape index (κ1) is 20.6. The smallest absolute Gasteiger partial charge is 0.264 e. The first-order chi connectivity index (χ1) is 13.3. The second-order valence-corrected chi connectivity index (χ2v) is 9.20. The summed E-state index contributed by atoms with van der Waals surface area (Å²) in [4.78, 5) is 15.5. The number of thioether (sulfide) groups is 1. The number of anilines is 1. The normalized spacial score (nSPS) is 15.1. The predicted molar refractivity (Wildman–Crippen MR) is 110 cm³/mol. The number of carbonyl (C=O) groups is 1. The van der Waals surface area contributed by atoms with E-state index in [9.17, 15) is 18.3 Å². The maximum atomic E-state index is 12.7. The number of aryl methyl sites for hydroxylation is 1. The first-order valence-corrected chi connectivity index (χ1v) is 11.2. The fraction of sp³-hybridized carbons (Fsp3) is 0.250. The van der Waals surface area contributed by atoms with Gasteiger partial charge in [-0.2, -0.15) is 8.42 Å². The molecule has 0 saturated heterocycles. The van der Waals surface area contributed by atoms with Crippen molar-refractivity contribution in [1.29, 1.82) is 0 Å². The lowest BCUT2D eigenvalue weighted by Crippen LogP contribution is -2.22. The number of allylic oxidation sites excluding steroid dienone is 1. The minimum Gasteiger partial charge on any atom is -0.392 e. The Hall–Kier alpha value is -2.13. The summed E-state index contributed by atoms with van der Waals surface area (Å²) in [5, 5.41) is 10.1. The van der Waals surface area contributed by atoms with Crippen LogP contribution in [0, 0.1) is 6.92 Å². The zero-order valence-corrected chi connectivity index (χ0v) is 17.0. The third kappa shape index (κ3) is 5.02. The topological polar surface area (TPSA) is 94.9 Å². The molecule has 1 aliphatic heterocycles. The molecule has 0 bridgehead atoms. The van der Waals surface area contributed by atoms with Crippen molar-refractivity contribution >= 4 is 33.4 Å². The third-order valence-corrected chi connectivity index (χ3v) is 6.24. The van der Waals surface area contributed by atoms with Gasteiger partial charge in [-0.3, -0.25) is 9.35 Å². The highest BCUT2D eigenvalue weighted by atomic mass is 32.2. The van der Waals surface area contributed by atoms with Crippen LogP contribution >= 0.6 is 11.8 Å². The SMILES string of the molecule is Cc1cccc(C(=O)/C=C2/Sc3ccc(CO)cc3N2CCCS(=O)(=O)O)c1. The molecule has 1 heterocycles. The average molecular weight is 420 g/mol. The van der Waals surface area contributed by atoms with Gasteiger partial charge in [-0.15, -0.1) is 0 Å². The minimum atomic E-state index is -4.05. The quantitative estimate of drug-likeness (QED) is 0.403. The zero-order valence-electron chi connectivity index (χ0n) is 15.3. The number of fused-ring (bicyclic) bond motifs is 1. The Labute approximate surface area is 168 Å². The maximum absolute atomic E-state index is 12.7. The summed E-state index contributed by atoms with van der Waals surface area (Å²) in [5.41, 5.74) is 3.11. The summed E-state index contributed by atoms with van der Waals surface area (Å²) < 4.78 is 31.1. The van der Waals surface area contributed by atoms with E-state index in [4.69, 9.17) is 4.55 Å². The summed E-state index contributed by atoms with van der Waals surface area (Å²) in [6, 6.07) is 12.8. The Morgan fingerprint density at radius 3 is 2.68 bits per heavy atom. The highest BCUT2D eigenvalue weighted by molar-refractivity contribution is 8.03. The van der Waals surface area contributed by atoms with E-state index in [1.54, 1.807) is 12.1 Å². The van der Waals surface area contributed by atoms with Crippen LogP contribution in [-0.4, -0.2) is 36.2 Å². The molecule has 148 valence electrons. The summed E-state index contributed by atoms with van der Waals surface area (Å²) in [6.45, 7) is 2.13. The Balaban J connectivity index is 1.90. The molecule has 0 atom stereocenters. The monoisotopic (exact) mass is 419 g/mol. The molecule has 0 fully saturated rings. The minimum absolute atomic E-state index is 0.113. The first-order valence-electron chi connectivity index (χ1n) is 8.74. The van der Waals surface area contributed by atoms with Crippen molar-refractivity contribution in [1.82, 2.24) is 0 Å². The van der Waals surface area contributed by atoms with Crippen molar-refractivity contribution in [2.45, 2.75) is 24.8 Å². The fourth-order valence-electron chi connectivity index (χ4n) is 2.98. The van der Waals surface area contributed by atoms with Crippen LogP contribution in [0.25, 0.3) is 0 Å². The van der Waals surface area contributed by atoms with Crippen molar-refractivity contribution in [3.63, 3.8) is 0 Å². The van der Waals surface area contributed by atoms with E-state index >= 15 is 0 Å².